The lowest BCUT2D eigenvalue weighted by molar-refractivity contribution is -0.164. The molecule has 0 aromatic carbocycles. The largest absolute Gasteiger partial charge is 0.480 e. The molecule has 0 saturated heterocycles. The molecule has 0 bridgehead atoms. The van der Waals surface area contributed by atoms with Gasteiger partial charge in [0.15, 0.2) is 0 Å². The highest BCUT2D eigenvalue weighted by molar-refractivity contribution is 5.74. The summed E-state index contributed by atoms with van der Waals surface area (Å²) in [6.07, 6.45) is -4.77. The Kier molecular flexibility index (Phi) is 2.83. The van der Waals surface area contributed by atoms with Crippen LogP contribution in [0, 0.1) is 0 Å². The molecule has 2 atom stereocenters. The van der Waals surface area contributed by atoms with Crippen molar-refractivity contribution in [2.24, 2.45) is 11.5 Å². The van der Waals surface area contributed by atoms with Crippen LogP contribution in [0.4, 0.5) is 13.2 Å². The molecule has 0 saturated carbocycles. The second-order valence-electron chi connectivity index (χ2n) is 1.93. The molecule has 0 fully saturated rings. The van der Waals surface area contributed by atoms with Crippen molar-refractivity contribution in [2.45, 2.75) is 18.3 Å². The zero-order valence-corrected chi connectivity index (χ0v) is 5.30. The molecule has 0 aliphatic heterocycles. The summed E-state index contributed by atoms with van der Waals surface area (Å²) in [5, 5.41) is 8.01. The number of carbonyl (C=O) groups is 1. The predicted molar refractivity (Wildman–Crippen MR) is 29.6 cm³/mol. The van der Waals surface area contributed by atoms with Gasteiger partial charge in [-0.15, -0.1) is 0 Å². The molecule has 0 heterocycles. The Bertz CT molecular complexity index is 158. The average molecular weight is 172 g/mol. The monoisotopic (exact) mass is 172 g/mol. The topological polar surface area (TPSA) is 89.3 Å². The second kappa shape index (κ2) is 3.05. The van der Waals surface area contributed by atoms with Crippen molar-refractivity contribution in [1.82, 2.24) is 0 Å². The van der Waals surface area contributed by atoms with E-state index in [1.54, 1.807) is 0 Å². The summed E-state index contributed by atoms with van der Waals surface area (Å²) in [5.41, 5.74) is 9.07. The number of hydrogen-bond acceptors (Lipinski definition) is 3. The summed E-state index contributed by atoms with van der Waals surface area (Å²) < 4.78 is 34.8. The second-order valence-corrected chi connectivity index (χ2v) is 1.93. The van der Waals surface area contributed by atoms with Crippen LogP contribution < -0.4 is 11.5 Å². The Labute approximate surface area is 60.0 Å². The first kappa shape index (κ1) is 10.2. The Morgan fingerprint density at radius 2 is 1.73 bits per heavy atom. The van der Waals surface area contributed by atoms with Crippen molar-refractivity contribution in [3.63, 3.8) is 0 Å². The maximum Gasteiger partial charge on any atom is 0.405 e. The number of nitrogens with two attached hydrogens (primary N) is 2. The Hall–Kier alpha value is -0.820. The fourth-order valence-electron chi connectivity index (χ4n) is 0.357. The lowest BCUT2D eigenvalue weighted by atomic mass is 10.1. The highest BCUT2D eigenvalue weighted by Gasteiger charge is 2.43. The van der Waals surface area contributed by atoms with Crippen LogP contribution in [0.1, 0.15) is 0 Å². The van der Waals surface area contributed by atoms with Crippen LogP contribution in [0.2, 0.25) is 0 Å². The van der Waals surface area contributed by atoms with Crippen molar-refractivity contribution >= 4 is 5.97 Å². The average Bonchev–Trinajstić information content (AvgIpc) is 1.82. The maximum atomic E-state index is 11.6. The smallest absolute Gasteiger partial charge is 0.405 e. The molecule has 0 rings (SSSR count). The minimum absolute atomic E-state index is 1.77. The number of halogens is 3. The van der Waals surface area contributed by atoms with E-state index in [1.807, 2.05) is 0 Å². The molecule has 0 aromatic rings. The highest BCUT2D eigenvalue weighted by Crippen LogP contribution is 2.19. The number of rotatable bonds is 2. The van der Waals surface area contributed by atoms with Crippen LogP contribution in [-0.4, -0.2) is 29.3 Å². The molecule has 0 unspecified atom stereocenters. The minimum Gasteiger partial charge on any atom is -0.480 e. The molecule has 0 aliphatic rings. The van der Waals surface area contributed by atoms with E-state index >= 15 is 0 Å². The summed E-state index contributed by atoms with van der Waals surface area (Å²) in [6.45, 7) is 0. The van der Waals surface area contributed by atoms with E-state index in [2.05, 4.69) is 11.5 Å². The first-order valence-corrected chi connectivity index (χ1v) is 2.57. The van der Waals surface area contributed by atoms with Crippen LogP contribution in [-0.2, 0) is 4.79 Å². The Morgan fingerprint density at radius 3 is 1.82 bits per heavy atom. The predicted octanol–water partition coefficient (Wildman–Crippen LogP) is -0.712. The molecule has 66 valence electrons. The molecule has 0 radical (unpaired) electrons. The molecule has 11 heavy (non-hydrogen) atoms. The van der Waals surface area contributed by atoms with Crippen molar-refractivity contribution in [3.05, 3.63) is 0 Å². The quantitative estimate of drug-likeness (QED) is 0.513. The van der Waals surface area contributed by atoms with Crippen LogP contribution in [0.3, 0.4) is 0 Å². The summed E-state index contributed by atoms with van der Waals surface area (Å²) in [5.74, 6) is -1.77. The third kappa shape index (κ3) is 2.72. The fraction of sp³-hybridized carbons (Fsp3) is 0.750. The van der Waals surface area contributed by atoms with Gasteiger partial charge in [0.2, 0.25) is 0 Å². The molecule has 0 amide bonds. The van der Waals surface area contributed by atoms with E-state index in [-0.39, 0.29) is 0 Å². The third-order valence-electron chi connectivity index (χ3n) is 1.05. The van der Waals surface area contributed by atoms with E-state index in [9.17, 15) is 18.0 Å². The van der Waals surface area contributed by atoms with Gasteiger partial charge >= 0.3 is 12.1 Å². The maximum absolute atomic E-state index is 11.6. The fourth-order valence-corrected chi connectivity index (χ4v) is 0.357. The van der Waals surface area contributed by atoms with Gasteiger partial charge in [0, 0.05) is 0 Å². The van der Waals surface area contributed by atoms with Crippen molar-refractivity contribution in [1.29, 1.82) is 0 Å². The van der Waals surface area contributed by atoms with E-state index in [0.717, 1.165) is 0 Å². The molecule has 0 aliphatic carbocycles. The van der Waals surface area contributed by atoms with Crippen molar-refractivity contribution < 1.29 is 23.1 Å². The van der Waals surface area contributed by atoms with Gasteiger partial charge in [0.05, 0.1) is 0 Å². The van der Waals surface area contributed by atoms with Crippen molar-refractivity contribution in [2.75, 3.05) is 0 Å². The van der Waals surface area contributed by atoms with Gasteiger partial charge < -0.3 is 16.6 Å². The minimum atomic E-state index is -4.77. The van der Waals surface area contributed by atoms with Crippen LogP contribution in [0.25, 0.3) is 0 Å². The number of aliphatic carboxylic acids is 1. The molecule has 4 nitrogen and oxygen atoms in total. The zero-order chi connectivity index (χ0) is 9.23. The number of alkyl halides is 3. The standard InChI is InChI=1S/C4H7F3N2O2/c5-4(6,7)2(9)1(8)3(10)11/h1-2H,8-9H2,(H,10,11)/t1-,2-/m0/s1. The van der Waals surface area contributed by atoms with Gasteiger partial charge in [-0.2, -0.15) is 13.2 Å². The first-order chi connectivity index (χ1) is 4.76. The van der Waals surface area contributed by atoms with Gasteiger partial charge in [-0.1, -0.05) is 0 Å². The SMILES string of the molecule is N[C@H](C(=O)O)[C@H](N)C(F)(F)F. The first-order valence-electron chi connectivity index (χ1n) is 2.57. The van der Waals surface area contributed by atoms with Crippen LogP contribution in [0.15, 0.2) is 0 Å². The number of carboxylic acid groups (broad SMARTS) is 1. The Balaban J connectivity index is 4.25. The molecule has 5 N–H and O–H groups in total. The van der Waals surface area contributed by atoms with Crippen LogP contribution in [0.5, 0.6) is 0 Å². The molecular weight excluding hydrogens is 165 g/mol. The number of hydrogen-bond donors (Lipinski definition) is 3. The molecule has 0 aromatic heterocycles. The van der Waals surface area contributed by atoms with Gasteiger partial charge in [-0.25, -0.2) is 0 Å². The zero-order valence-electron chi connectivity index (χ0n) is 5.30. The summed E-state index contributed by atoms with van der Waals surface area (Å²) in [6, 6.07) is -4.62. The van der Waals surface area contributed by atoms with Crippen LogP contribution >= 0.6 is 0 Å². The molecule has 7 heteroatoms. The Morgan fingerprint density at radius 1 is 1.36 bits per heavy atom. The lowest BCUT2D eigenvalue weighted by Gasteiger charge is -2.18. The van der Waals surface area contributed by atoms with Gasteiger partial charge in [-0.05, 0) is 0 Å². The van der Waals surface area contributed by atoms with E-state index in [0.29, 0.717) is 0 Å². The third-order valence-corrected chi connectivity index (χ3v) is 1.05. The summed E-state index contributed by atoms with van der Waals surface area (Å²) in [7, 11) is 0. The normalized spacial score (nSPS) is 17.5. The molecule has 0 spiro atoms. The van der Waals surface area contributed by atoms with Gasteiger partial charge in [0.25, 0.3) is 0 Å². The molecular formula is C4H7F3N2O2. The van der Waals surface area contributed by atoms with Gasteiger partial charge in [0.1, 0.15) is 12.1 Å². The van der Waals surface area contributed by atoms with E-state index < -0.39 is 24.2 Å². The number of carboxylic acids is 1. The lowest BCUT2D eigenvalue weighted by Crippen LogP contribution is -2.55. The van der Waals surface area contributed by atoms with E-state index in [1.165, 1.54) is 0 Å². The summed E-state index contributed by atoms with van der Waals surface area (Å²) in [4.78, 5) is 9.88. The van der Waals surface area contributed by atoms with E-state index in [4.69, 9.17) is 5.11 Å². The van der Waals surface area contributed by atoms with Crippen molar-refractivity contribution in [3.8, 4) is 0 Å². The summed E-state index contributed by atoms with van der Waals surface area (Å²) >= 11 is 0. The van der Waals surface area contributed by atoms with Gasteiger partial charge in [-0.3, -0.25) is 4.79 Å². The highest BCUT2D eigenvalue weighted by atomic mass is 19.4.